The average molecular weight is 427 g/mol. The lowest BCUT2D eigenvalue weighted by Gasteiger charge is -2.10. The molecule has 140 valence electrons. The number of H-pyrrole nitrogens is 1. The number of hydrogen-bond acceptors (Lipinski definition) is 4. The van der Waals surface area contributed by atoms with Crippen LogP contribution in [0.4, 0.5) is 4.39 Å². The Balaban J connectivity index is 1.62. The number of ether oxygens (including phenoxy) is 1. The third kappa shape index (κ3) is 4.85. The van der Waals surface area contributed by atoms with Crippen molar-refractivity contribution in [2.75, 3.05) is 6.61 Å². The molecule has 0 bridgehead atoms. The van der Waals surface area contributed by atoms with Gasteiger partial charge in [-0.3, -0.25) is 14.5 Å². The molecular formula is C17H13Cl2FN4O2S. The molecule has 2 N–H and O–H groups in total. The highest BCUT2D eigenvalue weighted by molar-refractivity contribution is 7.71. The van der Waals surface area contributed by atoms with Crippen LogP contribution in [0, 0.1) is 10.6 Å². The van der Waals surface area contributed by atoms with Crippen LogP contribution in [0.15, 0.2) is 42.5 Å². The normalized spacial score (nSPS) is 10.6. The molecule has 0 aliphatic carbocycles. The molecule has 2 aromatic carbocycles. The zero-order chi connectivity index (χ0) is 19.4. The first kappa shape index (κ1) is 19.3. The van der Waals surface area contributed by atoms with Crippen molar-refractivity contribution in [3.8, 4) is 11.4 Å². The number of nitrogens with one attached hydrogen (secondary N) is 2. The fourth-order valence-corrected chi connectivity index (χ4v) is 2.99. The van der Waals surface area contributed by atoms with Crippen molar-refractivity contribution in [2.45, 2.75) is 6.54 Å². The van der Waals surface area contributed by atoms with E-state index in [1.165, 1.54) is 18.2 Å². The number of aromatic nitrogens is 3. The van der Waals surface area contributed by atoms with Gasteiger partial charge in [-0.05, 0) is 54.7 Å². The van der Waals surface area contributed by atoms with Crippen LogP contribution in [-0.4, -0.2) is 27.3 Å². The quantitative estimate of drug-likeness (QED) is 0.582. The maximum atomic E-state index is 13.1. The molecule has 1 heterocycles. The second-order valence-corrected chi connectivity index (χ2v) is 6.63. The second-order valence-electron chi connectivity index (χ2n) is 5.40. The zero-order valence-electron chi connectivity index (χ0n) is 13.7. The van der Waals surface area contributed by atoms with Gasteiger partial charge in [-0.25, -0.2) is 4.39 Å². The van der Waals surface area contributed by atoms with Gasteiger partial charge in [0, 0.05) is 10.7 Å². The Morgan fingerprint density at radius 2 is 2.00 bits per heavy atom. The summed E-state index contributed by atoms with van der Waals surface area (Å²) in [7, 11) is 0. The molecule has 27 heavy (non-hydrogen) atoms. The molecule has 1 aromatic heterocycles. The fraction of sp³-hybridized carbons (Fsp3) is 0.118. The Morgan fingerprint density at radius 3 is 2.70 bits per heavy atom. The summed E-state index contributed by atoms with van der Waals surface area (Å²) < 4.78 is 20.4. The topological polar surface area (TPSA) is 71.9 Å². The largest absolute Gasteiger partial charge is 0.482 e. The van der Waals surface area contributed by atoms with Gasteiger partial charge in [0.15, 0.2) is 17.2 Å². The fourth-order valence-electron chi connectivity index (χ4n) is 2.27. The Kier molecular flexibility index (Phi) is 6.10. The number of benzene rings is 2. The summed E-state index contributed by atoms with van der Waals surface area (Å²) >= 11 is 17.0. The number of halogens is 3. The van der Waals surface area contributed by atoms with Crippen LogP contribution in [0.25, 0.3) is 5.69 Å². The second kappa shape index (κ2) is 8.51. The van der Waals surface area contributed by atoms with Crippen molar-refractivity contribution in [1.29, 1.82) is 0 Å². The molecule has 1 amide bonds. The molecule has 3 rings (SSSR count). The van der Waals surface area contributed by atoms with E-state index in [2.05, 4.69) is 15.5 Å². The number of rotatable bonds is 6. The lowest BCUT2D eigenvalue weighted by Crippen LogP contribution is -2.29. The smallest absolute Gasteiger partial charge is 0.258 e. The summed E-state index contributed by atoms with van der Waals surface area (Å²) in [6.45, 7) is -0.135. The minimum Gasteiger partial charge on any atom is -0.482 e. The van der Waals surface area contributed by atoms with Gasteiger partial charge in [-0.15, -0.1) is 0 Å². The van der Waals surface area contributed by atoms with Crippen LogP contribution < -0.4 is 10.1 Å². The molecule has 0 saturated carbocycles. The van der Waals surface area contributed by atoms with E-state index in [1.807, 2.05) is 0 Å². The van der Waals surface area contributed by atoms with Gasteiger partial charge in [0.2, 0.25) is 0 Å². The highest BCUT2D eigenvalue weighted by Gasteiger charge is 2.11. The van der Waals surface area contributed by atoms with Crippen molar-refractivity contribution < 1.29 is 13.9 Å². The molecule has 0 aliphatic heterocycles. The summed E-state index contributed by atoms with van der Waals surface area (Å²) in [6.07, 6.45) is 0. The van der Waals surface area contributed by atoms with Crippen molar-refractivity contribution in [3.63, 3.8) is 0 Å². The predicted octanol–water partition coefficient (Wildman–Crippen LogP) is 4.07. The Labute approximate surface area is 168 Å². The lowest BCUT2D eigenvalue weighted by molar-refractivity contribution is -0.123. The molecule has 0 aliphatic rings. The van der Waals surface area contributed by atoms with Crippen LogP contribution in [0.1, 0.15) is 5.82 Å². The van der Waals surface area contributed by atoms with Crippen LogP contribution >= 0.6 is 35.4 Å². The number of carbonyl (C=O) groups is 1. The first-order valence-corrected chi connectivity index (χ1v) is 8.87. The van der Waals surface area contributed by atoms with Crippen LogP contribution in [0.2, 0.25) is 10.0 Å². The van der Waals surface area contributed by atoms with E-state index in [1.54, 1.807) is 28.8 Å². The van der Waals surface area contributed by atoms with Crippen molar-refractivity contribution >= 4 is 41.3 Å². The van der Waals surface area contributed by atoms with Crippen molar-refractivity contribution in [3.05, 3.63) is 68.9 Å². The third-order valence-electron chi connectivity index (χ3n) is 3.52. The van der Waals surface area contributed by atoms with Crippen molar-refractivity contribution in [2.24, 2.45) is 0 Å². The number of nitrogens with zero attached hydrogens (tertiary/aromatic N) is 2. The van der Waals surface area contributed by atoms with E-state index >= 15 is 0 Å². The van der Waals surface area contributed by atoms with Gasteiger partial charge in [0.25, 0.3) is 5.91 Å². The van der Waals surface area contributed by atoms with E-state index in [0.29, 0.717) is 32.1 Å². The van der Waals surface area contributed by atoms with E-state index in [4.69, 9.17) is 40.2 Å². The van der Waals surface area contributed by atoms with E-state index in [-0.39, 0.29) is 24.9 Å². The van der Waals surface area contributed by atoms with Gasteiger partial charge < -0.3 is 10.1 Å². The van der Waals surface area contributed by atoms with Crippen molar-refractivity contribution in [1.82, 2.24) is 20.1 Å². The highest BCUT2D eigenvalue weighted by Crippen LogP contribution is 2.27. The van der Waals surface area contributed by atoms with E-state index < -0.39 is 0 Å². The summed E-state index contributed by atoms with van der Waals surface area (Å²) in [5.74, 6) is 0.0805. The molecule has 0 fully saturated rings. The number of aromatic amines is 1. The lowest BCUT2D eigenvalue weighted by atomic mass is 10.3. The maximum Gasteiger partial charge on any atom is 0.258 e. The van der Waals surface area contributed by atoms with Crippen LogP contribution in [0.5, 0.6) is 5.75 Å². The molecule has 10 heteroatoms. The van der Waals surface area contributed by atoms with Gasteiger partial charge in [0.1, 0.15) is 11.6 Å². The van der Waals surface area contributed by atoms with Gasteiger partial charge >= 0.3 is 0 Å². The molecule has 0 saturated heterocycles. The molecule has 3 aromatic rings. The van der Waals surface area contributed by atoms with Crippen LogP contribution in [0.3, 0.4) is 0 Å². The SMILES string of the molecule is O=C(COc1ccc(Cl)cc1Cl)NCc1n[nH]c(=S)n1-c1ccc(F)cc1. The predicted molar refractivity (Wildman–Crippen MR) is 103 cm³/mol. The van der Waals surface area contributed by atoms with E-state index in [0.717, 1.165) is 0 Å². The minimum atomic E-state index is -0.374. The first-order valence-electron chi connectivity index (χ1n) is 7.71. The highest BCUT2D eigenvalue weighted by atomic mass is 35.5. The van der Waals surface area contributed by atoms with Crippen LogP contribution in [-0.2, 0) is 11.3 Å². The Bertz CT molecular complexity index is 1020. The molecule has 6 nitrogen and oxygen atoms in total. The van der Waals surface area contributed by atoms with E-state index in [9.17, 15) is 9.18 Å². The van der Waals surface area contributed by atoms with Gasteiger partial charge in [-0.1, -0.05) is 23.2 Å². The molecule has 0 atom stereocenters. The maximum absolute atomic E-state index is 13.1. The molecule has 0 radical (unpaired) electrons. The monoisotopic (exact) mass is 426 g/mol. The number of hydrogen-bond donors (Lipinski definition) is 2. The standard InChI is InChI=1S/C17H13Cl2FN4O2S/c18-10-1-6-14(13(19)7-10)26-9-16(25)21-8-15-22-23-17(27)24(15)12-4-2-11(20)3-5-12/h1-7H,8-9H2,(H,21,25)(H,23,27). The molecule has 0 unspecified atom stereocenters. The minimum absolute atomic E-state index is 0.0983. The Morgan fingerprint density at radius 1 is 1.26 bits per heavy atom. The summed E-state index contributed by atoms with van der Waals surface area (Å²) in [6, 6.07) is 10.5. The Hall–Kier alpha value is -2.42. The summed E-state index contributed by atoms with van der Waals surface area (Å²) in [5, 5.41) is 10.2. The molecular weight excluding hydrogens is 414 g/mol. The number of amides is 1. The summed E-state index contributed by atoms with van der Waals surface area (Å²) in [4.78, 5) is 12.0. The number of carbonyl (C=O) groups excluding carboxylic acids is 1. The van der Waals surface area contributed by atoms with Gasteiger partial charge in [-0.2, -0.15) is 5.10 Å². The average Bonchev–Trinajstić information content (AvgIpc) is 3.00. The first-order chi connectivity index (χ1) is 12.9. The summed E-state index contributed by atoms with van der Waals surface area (Å²) in [5.41, 5.74) is 0.628. The van der Waals surface area contributed by atoms with Gasteiger partial charge in [0.05, 0.1) is 11.6 Å². The zero-order valence-corrected chi connectivity index (χ0v) is 16.0. The molecule has 0 spiro atoms. The third-order valence-corrected chi connectivity index (χ3v) is 4.33.